The van der Waals surface area contributed by atoms with Crippen LogP contribution in [-0.2, 0) is 10.0 Å². The van der Waals surface area contributed by atoms with Crippen LogP contribution in [0.5, 0.6) is 0 Å². The van der Waals surface area contributed by atoms with Gasteiger partial charge >= 0.3 is 5.97 Å². The predicted molar refractivity (Wildman–Crippen MR) is 62.8 cm³/mol. The van der Waals surface area contributed by atoms with Crippen molar-refractivity contribution < 1.29 is 31.5 Å². The molecule has 2 N–H and O–H groups in total. The summed E-state index contributed by atoms with van der Waals surface area (Å²) >= 11 is 0. The van der Waals surface area contributed by atoms with Crippen LogP contribution in [0, 0.1) is 11.6 Å². The molecule has 2 rings (SSSR count). The number of carboxylic acid groups (broad SMARTS) is 1. The molecule has 0 aliphatic rings. The van der Waals surface area contributed by atoms with Crippen molar-refractivity contribution >= 4 is 21.7 Å². The molecule has 20 heavy (non-hydrogen) atoms. The number of nitrogens with one attached hydrogen (secondary N) is 1. The fourth-order valence-corrected chi connectivity index (χ4v) is 2.43. The van der Waals surface area contributed by atoms with E-state index >= 15 is 0 Å². The largest absolute Gasteiger partial charge is 0.477 e. The molecule has 0 spiro atoms. The Morgan fingerprint density at radius 2 is 1.85 bits per heavy atom. The van der Waals surface area contributed by atoms with Crippen LogP contribution in [0.15, 0.2) is 40.0 Å². The summed E-state index contributed by atoms with van der Waals surface area (Å²) in [6.45, 7) is 0. The third-order valence-corrected chi connectivity index (χ3v) is 3.53. The van der Waals surface area contributed by atoms with Gasteiger partial charge in [-0.15, -0.1) is 0 Å². The van der Waals surface area contributed by atoms with Crippen LogP contribution in [0.4, 0.5) is 14.5 Å². The van der Waals surface area contributed by atoms with Crippen LogP contribution in [0.25, 0.3) is 0 Å². The van der Waals surface area contributed by atoms with Crippen molar-refractivity contribution in [2.75, 3.05) is 4.72 Å². The molecule has 106 valence electrons. The highest BCUT2D eigenvalue weighted by Gasteiger charge is 2.21. The molecule has 1 aromatic carbocycles. The van der Waals surface area contributed by atoms with E-state index < -0.39 is 44.0 Å². The molecule has 0 fully saturated rings. The normalized spacial score (nSPS) is 11.3. The number of rotatable bonds is 4. The minimum absolute atomic E-state index is 0.444. The molecule has 0 bridgehead atoms. The van der Waals surface area contributed by atoms with Gasteiger partial charge in [-0.05, 0) is 24.3 Å². The lowest BCUT2D eigenvalue weighted by Gasteiger charge is -2.07. The first-order valence-electron chi connectivity index (χ1n) is 5.10. The summed E-state index contributed by atoms with van der Waals surface area (Å²) in [7, 11) is -4.13. The number of benzene rings is 1. The van der Waals surface area contributed by atoms with Crippen LogP contribution in [0.1, 0.15) is 10.4 Å². The molecule has 0 saturated heterocycles. The second kappa shape index (κ2) is 4.93. The summed E-state index contributed by atoms with van der Waals surface area (Å²) in [5.41, 5.74) is -1.62. The Bertz CT molecular complexity index is 732. The van der Waals surface area contributed by atoms with Gasteiger partial charge in [0.1, 0.15) is 17.2 Å². The number of hydrogen-bond donors (Lipinski definition) is 2. The van der Waals surface area contributed by atoms with Crippen LogP contribution < -0.4 is 4.72 Å². The van der Waals surface area contributed by atoms with Crippen molar-refractivity contribution in [3.05, 3.63) is 47.7 Å². The van der Waals surface area contributed by atoms with Gasteiger partial charge in [0.25, 0.3) is 10.0 Å². The molecule has 0 aliphatic carbocycles. The highest BCUT2D eigenvalue weighted by atomic mass is 32.2. The van der Waals surface area contributed by atoms with Crippen molar-refractivity contribution in [3.8, 4) is 0 Å². The number of hydrogen-bond acceptors (Lipinski definition) is 4. The molecule has 0 aliphatic heterocycles. The molecule has 2 aromatic rings. The maximum atomic E-state index is 13.4. The SMILES string of the molecule is O=C(O)c1c(F)cc(NS(=O)(=O)c2ccco2)cc1F. The molecule has 6 nitrogen and oxygen atoms in total. The third-order valence-electron chi connectivity index (χ3n) is 2.27. The monoisotopic (exact) mass is 303 g/mol. The molecule has 0 saturated carbocycles. The first-order chi connectivity index (χ1) is 9.31. The van der Waals surface area contributed by atoms with E-state index in [1.165, 1.54) is 6.07 Å². The number of halogens is 2. The van der Waals surface area contributed by atoms with Crippen molar-refractivity contribution in [1.29, 1.82) is 0 Å². The smallest absolute Gasteiger partial charge is 0.341 e. The highest BCUT2D eigenvalue weighted by molar-refractivity contribution is 7.92. The zero-order chi connectivity index (χ0) is 14.9. The van der Waals surface area contributed by atoms with Gasteiger partial charge in [0.15, 0.2) is 0 Å². The van der Waals surface area contributed by atoms with E-state index in [4.69, 9.17) is 5.11 Å². The Kier molecular flexibility index (Phi) is 3.45. The summed E-state index contributed by atoms with van der Waals surface area (Å²) in [4.78, 5) is 10.6. The second-order valence-electron chi connectivity index (χ2n) is 3.66. The standard InChI is InChI=1S/C11H7F2NO5S/c12-7-4-6(5-8(13)10(7)11(15)16)14-20(17,18)9-2-1-3-19-9/h1-5,14H,(H,15,16). The predicted octanol–water partition coefficient (Wildman–Crippen LogP) is 2.06. The number of anilines is 1. The maximum Gasteiger partial charge on any atom is 0.341 e. The van der Waals surface area contributed by atoms with Gasteiger partial charge in [-0.25, -0.2) is 13.6 Å². The fraction of sp³-hybridized carbons (Fsp3) is 0. The molecular weight excluding hydrogens is 296 g/mol. The summed E-state index contributed by atoms with van der Waals surface area (Å²) in [6.07, 6.45) is 1.11. The van der Waals surface area contributed by atoms with E-state index in [1.54, 1.807) is 0 Å². The molecule has 0 amide bonds. The van der Waals surface area contributed by atoms with E-state index in [0.29, 0.717) is 12.1 Å². The van der Waals surface area contributed by atoms with Gasteiger partial charge in [0.2, 0.25) is 5.09 Å². The van der Waals surface area contributed by atoms with E-state index in [0.717, 1.165) is 12.3 Å². The topological polar surface area (TPSA) is 96.6 Å². The summed E-state index contributed by atoms with van der Waals surface area (Å²) in [6, 6.07) is 3.59. The lowest BCUT2D eigenvalue weighted by atomic mass is 10.2. The number of carbonyl (C=O) groups is 1. The lowest BCUT2D eigenvalue weighted by Crippen LogP contribution is -2.13. The Morgan fingerprint density at radius 1 is 1.25 bits per heavy atom. The summed E-state index contributed by atoms with van der Waals surface area (Å²) in [5.74, 6) is -4.58. The molecule has 1 aromatic heterocycles. The van der Waals surface area contributed by atoms with Crippen molar-refractivity contribution in [2.45, 2.75) is 5.09 Å². The third kappa shape index (κ3) is 2.62. The van der Waals surface area contributed by atoms with Crippen LogP contribution in [0.3, 0.4) is 0 Å². The Balaban J connectivity index is 2.39. The molecule has 0 radical (unpaired) electrons. The maximum absolute atomic E-state index is 13.4. The van der Waals surface area contributed by atoms with E-state index in [-0.39, 0.29) is 0 Å². The fourth-order valence-electron chi connectivity index (χ4n) is 1.46. The molecule has 1 heterocycles. The minimum atomic E-state index is -4.13. The molecule has 0 atom stereocenters. The van der Waals surface area contributed by atoms with E-state index in [9.17, 15) is 22.0 Å². The van der Waals surface area contributed by atoms with Crippen LogP contribution in [0.2, 0.25) is 0 Å². The minimum Gasteiger partial charge on any atom is -0.477 e. The number of carboxylic acids is 1. The van der Waals surface area contributed by atoms with Gasteiger partial charge in [0, 0.05) is 0 Å². The van der Waals surface area contributed by atoms with Gasteiger partial charge in [-0.2, -0.15) is 8.42 Å². The summed E-state index contributed by atoms with van der Waals surface area (Å²) < 4.78 is 56.8. The van der Waals surface area contributed by atoms with Gasteiger partial charge < -0.3 is 9.52 Å². The Hall–Kier alpha value is -2.42. The van der Waals surface area contributed by atoms with Crippen molar-refractivity contribution in [1.82, 2.24) is 0 Å². The van der Waals surface area contributed by atoms with Crippen LogP contribution >= 0.6 is 0 Å². The number of sulfonamides is 1. The van der Waals surface area contributed by atoms with Crippen molar-refractivity contribution in [3.63, 3.8) is 0 Å². The Morgan fingerprint density at radius 3 is 2.30 bits per heavy atom. The number of aromatic carboxylic acids is 1. The van der Waals surface area contributed by atoms with Gasteiger partial charge in [-0.3, -0.25) is 4.72 Å². The Labute approximate surface area is 111 Å². The van der Waals surface area contributed by atoms with Crippen LogP contribution in [-0.4, -0.2) is 19.5 Å². The summed E-state index contributed by atoms with van der Waals surface area (Å²) in [5, 5.41) is 8.14. The quantitative estimate of drug-likeness (QED) is 0.901. The first kappa shape index (κ1) is 14.0. The van der Waals surface area contributed by atoms with Crippen molar-refractivity contribution in [2.24, 2.45) is 0 Å². The molecular formula is C11H7F2NO5S. The first-order valence-corrected chi connectivity index (χ1v) is 6.58. The highest BCUT2D eigenvalue weighted by Crippen LogP contribution is 2.22. The number of furan rings is 1. The average Bonchev–Trinajstić information content (AvgIpc) is 2.79. The van der Waals surface area contributed by atoms with Gasteiger partial charge in [0.05, 0.1) is 12.0 Å². The average molecular weight is 303 g/mol. The van der Waals surface area contributed by atoms with E-state index in [1.807, 2.05) is 4.72 Å². The molecule has 9 heteroatoms. The lowest BCUT2D eigenvalue weighted by molar-refractivity contribution is 0.0686. The van der Waals surface area contributed by atoms with E-state index in [2.05, 4.69) is 4.42 Å². The second-order valence-corrected chi connectivity index (χ2v) is 5.27. The zero-order valence-corrected chi connectivity index (χ0v) is 10.4. The molecule has 0 unspecified atom stereocenters. The zero-order valence-electron chi connectivity index (χ0n) is 9.63. The van der Waals surface area contributed by atoms with Gasteiger partial charge in [-0.1, -0.05) is 0 Å².